The van der Waals surface area contributed by atoms with Crippen molar-refractivity contribution in [2.45, 2.75) is 37.3 Å². The number of rotatable bonds is 4. The number of thioether (sulfide) groups is 1. The van der Waals surface area contributed by atoms with Gasteiger partial charge in [0.25, 0.3) is 0 Å². The lowest BCUT2D eigenvalue weighted by atomic mass is 9.95. The summed E-state index contributed by atoms with van der Waals surface area (Å²) in [5, 5.41) is 12.6. The number of ether oxygens (including phenoxy) is 1. The summed E-state index contributed by atoms with van der Waals surface area (Å²) >= 11 is 1.73. The molecule has 2 aliphatic rings. The van der Waals surface area contributed by atoms with Gasteiger partial charge in [-0.3, -0.25) is 10.1 Å². The van der Waals surface area contributed by atoms with Crippen molar-refractivity contribution in [2.24, 2.45) is 0 Å². The van der Waals surface area contributed by atoms with Crippen molar-refractivity contribution < 1.29 is 14.6 Å². The van der Waals surface area contributed by atoms with Crippen LogP contribution in [0.25, 0.3) is 0 Å². The van der Waals surface area contributed by atoms with Crippen molar-refractivity contribution in [3.8, 4) is 0 Å². The van der Waals surface area contributed by atoms with Crippen LogP contribution < -0.4 is 5.32 Å². The van der Waals surface area contributed by atoms with Crippen molar-refractivity contribution in [1.29, 1.82) is 0 Å². The maximum Gasteiger partial charge on any atom is 0.324 e. The summed E-state index contributed by atoms with van der Waals surface area (Å²) in [6.07, 6.45) is 4.08. The third-order valence-corrected chi connectivity index (χ3v) is 4.62. The number of hydrogen-bond donors (Lipinski definition) is 2. The van der Waals surface area contributed by atoms with Crippen LogP contribution in [0.3, 0.4) is 0 Å². The molecule has 0 saturated carbocycles. The highest BCUT2D eigenvalue weighted by atomic mass is 32.2. The fraction of sp³-hybridized carbons (Fsp3) is 0.909. The quantitative estimate of drug-likeness (QED) is 0.777. The summed E-state index contributed by atoms with van der Waals surface area (Å²) in [5.41, 5.74) is -0.713. The van der Waals surface area contributed by atoms with Gasteiger partial charge in [-0.2, -0.15) is 11.8 Å². The minimum Gasteiger partial charge on any atom is -0.480 e. The Morgan fingerprint density at radius 1 is 1.56 bits per heavy atom. The molecule has 2 saturated heterocycles. The fourth-order valence-corrected chi connectivity index (χ4v) is 3.50. The predicted octanol–water partition coefficient (Wildman–Crippen LogP) is 1.11. The molecule has 0 aliphatic carbocycles. The van der Waals surface area contributed by atoms with Crippen LogP contribution >= 0.6 is 11.8 Å². The fourth-order valence-electron chi connectivity index (χ4n) is 2.29. The van der Waals surface area contributed by atoms with Crippen LogP contribution in [0.2, 0.25) is 0 Å². The van der Waals surface area contributed by atoms with Gasteiger partial charge in [0.2, 0.25) is 0 Å². The number of nitrogens with one attached hydrogen (secondary N) is 1. The normalized spacial score (nSPS) is 35.1. The Balaban J connectivity index is 1.88. The van der Waals surface area contributed by atoms with Crippen LogP contribution in [0.1, 0.15) is 25.7 Å². The lowest BCUT2D eigenvalue weighted by Gasteiger charge is -2.34. The van der Waals surface area contributed by atoms with Gasteiger partial charge in [0.05, 0.1) is 6.10 Å². The Morgan fingerprint density at radius 3 is 3.00 bits per heavy atom. The van der Waals surface area contributed by atoms with E-state index in [1.165, 1.54) is 0 Å². The molecule has 4 nitrogen and oxygen atoms in total. The van der Waals surface area contributed by atoms with Gasteiger partial charge in [0.15, 0.2) is 0 Å². The Morgan fingerprint density at radius 2 is 2.44 bits per heavy atom. The van der Waals surface area contributed by atoms with Gasteiger partial charge in [-0.1, -0.05) is 0 Å². The van der Waals surface area contributed by atoms with E-state index in [1.54, 1.807) is 11.8 Å². The first-order chi connectivity index (χ1) is 7.73. The van der Waals surface area contributed by atoms with E-state index in [4.69, 9.17) is 4.74 Å². The van der Waals surface area contributed by atoms with Crippen LogP contribution in [0.4, 0.5) is 0 Å². The van der Waals surface area contributed by atoms with E-state index in [9.17, 15) is 9.90 Å². The lowest BCUT2D eigenvalue weighted by Crippen LogP contribution is -2.57. The number of carbonyl (C=O) groups is 1. The van der Waals surface area contributed by atoms with Crippen molar-refractivity contribution in [3.05, 3.63) is 0 Å². The molecule has 2 atom stereocenters. The van der Waals surface area contributed by atoms with Crippen LogP contribution in [-0.4, -0.2) is 47.4 Å². The summed E-state index contributed by atoms with van der Waals surface area (Å²) in [7, 11) is 0. The Bertz CT molecular complexity index is 248. The molecule has 2 fully saturated rings. The van der Waals surface area contributed by atoms with Crippen molar-refractivity contribution in [3.63, 3.8) is 0 Å². The maximum atomic E-state index is 11.4. The average molecular weight is 245 g/mol. The summed E-state index contributed by atoms with van der Waals surface area (Å²) in [6, 6.07) is 0. The Labute approximate surface area is 100 Å². The van der Waals surface area contributed by atoms with Gasteiger partial charge < -0.3 is 9.84 Å². The van der Waals surface area contributed by atoms with Gasteiger partial charge in [0, 0.05) is 18.9 Å². The number of aliphatic carboxylic acids is 1. The van der Waals surface area contributed by atoms with E-state index in [-0.39, 0.29) is 6.10 Å². The highest BCUT2D eigenvalue weighted by Crippen LogP contribution is 2.27. The van der Waals surface area contributed by atoms with Gasteiger partial charge in [-0.05, 0) is 31.4 Å². The first kappa shape index (κ1) is 12.2. The molecule has 0 spiro atoms. The predicted molar refractivity (Wildman–Crippen MR) is 63.9 cm³/mol. The molecule has 0 aromatic rings. The molecule has 0 bridgehead atoms. The minimum absolute atomic E-state index is 0.211. The topological polar surface area (TPSA) is 58.6 Å². The van der Waals surface area contributed by atoms with E-state index in [1.807, 2.05) is 0 Å². The van der Waals surface area contributed by atoms with Crippen LogP contribution in [0.15, 0.2) is 0 Å². The second kappa shape index (κ2) is 5.38. The van der Waals surface area contributed by atoms with Crippen molar-refractivity contribution in [1.82, 2.24) is 5.32 Å². The largest absolute Gasteiger partial charge is 0.480 e. The van der Waals surface area contributed by atoms with E-state index in [0.29, 0.717) is 12.3 Å². The molecule has 0 amide bonds. The third-order valence-electron chi connectivity index (χ3n) is 3.34. The molecular formula is C11H19NO3S. The molecule has 16 heavy (non-hydrogen) atoms. The number of carboxylic acid groups (broad SMARTS) is 1. The lowest BCUT2D eigenvalue weighted by molar-refractivity contribution is -0.144. The van der Waals surface area contributed by atoms with E-state index >= 15 is 0 Å². The molecule has 0 aromatic heterocycles. The highest BCUT2D eigenvalue weighted by Gasteiger charge is 2.40. The maximum absolute atomic E-state index is 11.4. The zero-order valence-corrected chi connectivity index (χ0v) is 10.2. The highest BCUT2D eigenvalue weighted by molar-refractivity contribution is 7.99. The van der Waals surface area contributed by atoms with Gasteiger partial charge >= 0.3 is 5.97 Å². The standard InChI is InChI=1S/C11H19NO3S/c13-10(14)11(4-2-6-16-8-11)12-7-9-3-1-5-15-9/h9,12H,1-8H2,(H,13,14). The second-order valence-corrected chi connectivity index (χ2v) is 5.66. The zero-order valence-electron chi connectivity index (χ0n) is 9.41. The second-order valence-electron chi connectivity index (χ2n) is 4.56. The molecule has 0 aromatic carbocycles. The summed E-state index contributed by atoms with van der Waals surface area (Å²) in [6.45, 7) is 1.49. The molecule has 2 aliphatic heterocycles. The summed E-state index contributed by atoms with van der Waals surface area (Å²) in [4.78, 5) is 11.4. The molecule has 2 rings (SSSR count). The van der Waals surface area contributed by atoms with Gasteiger partial charge in [0.1, 0.15) is 5.54 Å². The average Bonchev–Trinajstić information content (AvgIpc) is 2.80. The van der Waals surface area contributed by atoms with Crippen molar-refractivity contribution in [2.75, 3.05) is 24.7 Å². The van der Waals surface area contributed by atoms with E-state index in [0.717, 1.165) is 38.0 Å². The molecular weight excluding hydrogens is 226 g/mol. The Hall–Kier alpha value is -0.260. The number of hydrogen-bond acceptors (Lipinski definition) is 4. The molecule has 5 heteroatoms. The molecule has 2 N–H and O–H groups in total. The molecule has 92 valence electrons. The van der Waals surface area contributed by atoms with Crippen LogP contribution in [0.5, 0.6) is 0 Å². The summed E-state index contributed by atoms with van der Waals surface area (Å²) < 4.78 is 5.51. The first-order valence-electron chi connectivity index (χ1n) is 5.91. The smallest absolute Gasteiger partial charge is 0.324 e. The summed E-state index contributed by atoms with van der Waals surface area (Å²) in [5.74, 6) is 1.05. The zero-order chi connectivity index (χ0) is 11.4. The SMILES string of the molecule is O=C(O)C1(NCC2CCCO2)CCCSC1. The van der Waals surface area contributed by atoms with Crippen LogP contribution in [0, 0.1) is 0 Å². The van der Waals surface area contributed by atoms with Gasteiger partial charge in [-0.15, -0.1) is 0 Å². The third kappa shape index (κ3) is 2.70. The minimum atomic E-state index is -0.713. The number of carboxylic acids is 1. The van der Waals surface area contributed by atoms with Crippen LogP contribution in [-0.2, 0) is 9.53 Å². The van der Waals surface area contributed by atoms with E-state index < -0.39 is 11.5 Å². The van der Waals surface area contributed by atoms with Crippen molar-refractivity contribution >= 4 is 17.7 Å². The van der Waals surface area contributed by atoms with E-state index in [2.05, 4.69) is 5.32 Å². The molecule has 2 heterocycles. The Kier molecular flexibility index (Phi) is 4.10. The monoisotopic (exact) mass is 245 g/mol. The first-order valence-corrected chi connectivity index (χ1v) is 7.06. The molecule has 0 radical (unpaired) electrons. The molecule has 2 unspecified atom stereocenters. The van der Waals surface area contributed by atoms with Gasteiger partial charge in [-0.25, -0.2) is 0 Å².